The molecule has 0 aliphatic rings. The number of ether oxygens (including phenoxy) is 1. The van der Waals surface area contributed by atoms with Crippen LogP contribution in [0, 0.1) is 17.1 Å². The molecule has 0 saturated heterocycles. The van der Waals surface area contributed by atoms with Crippen LogP contribution in [0.5, 0.6) is 0 Å². The van der Waals surface area contributed by atoms with Gasteiger partial charge in [0.15, 0.2) is 6.10 Å². The van der Waals surface area contributed by atoms with E-state index in [1.807, 2.05) is 4.72 Å². The lowest BCUT2D eigenvalue weighted by atomic mass is 10.2. The summed E-state index contributed by atoms with van der Waals surface area (Å²) in [6, 6.07) is 3.36. The summed E-state index contributed by atoms with van der Waals surface area (Å²) in [6.07, 6.45) is -1.71. The Balaban J connectivity index is 3.02. The van der Waals surface area contributed by atoms with Crippen LogP contribution in [-0.2, 0) is 19.6 Å². The Morgan fingerprint density at radius 3 is 2.76 bits per heavy atom. The maximum atomic E-state index is 13.7. The topological polar surface area (TPSA) is 116 Å². The smallest absolute Gasteiger partial charge is 0.336 e. The lowest BCUT2D eigenvalue weighted by molar-refractivity contribution is -0.149. The Morgan fingerprint density at radius 1 is 1.62 bits per heavy atom. The third-order valence-electron chi connectivity index (χ3n) is 2.37. The van der Waals surface area contributed by atoms with Gasteiger partial charge in [-0.15, -0.1) is 0 Å². The van der Waals surface area contributed by atoms with Crippen molar-refractivity contribution < 1.29 is 27.4 Å². The van der Waals surface area contributed by atoms with E-state index in [-0.39, 0.29) is 10.0 Å². The molecule has 21 heavy (non-hydrogen) atoms. The molecule has 114 valence electrons. The molecule has 0 heterocycles. The van der Waals surface area contributed by atoms with E-state index in [1.165, 1.54) is 0 Å². The Bertz CT molecular complexity index is 701. The fourth-order valence-electron chi connectivity index (χ4n) is 1.31. The van der Waals surface area contributed by atoms with E-state index in [1.54, 1.807) is 6.07 Å². The molecule has 0 bridgehead atoms. The molecular formula is C11H10BrFN2O5S. The molecule has 0 aliphatic heterocycles. The zero-order chi connectivity index (χ0) is 16.2. The molecule has 0 aliphatic carbocycles. The summed E-state index contributed by atoms with van der Waals surface area (Å²) in [5, 5.41) is 18.0. The SMILES string of the molecule is COC(=O)[C@@H](O)CNS(=O)(=O)c1cc(Br)c(C#N)cc1F. The minimum atomic E-state index is -4.31. The molecule has 2 N–H and O–H groups in total. The fourth-order valence-corrected chi connectivity index (χ4v) is 3.01. The number of methoxy groups -OCH3 is 1. The highest BCUT2D eigenvalue weighted by atomic mass is 79.9. The highest BCUT2D eigenvalue weighted by molar-refractivity contribution is 9.10. The minimum Gasteiger partial charge on any atom is -0.467 e. The number of aliphatic hydroxyl groups excluding tert-OH is 1. The molecule has 0 fully saturated rings. The Kier molecular flexibility index (Phi) is 5.79. The molecule has 10 heteroatoms. The van der Waals surface area contributed by atoms with Crippen LogP contribution in [0.15, 0.2) is 21.5 Å². The van der Waals surface area contributed by atoms with Gasteiger partial charge in [-0.2, -0.15) is 5.26 Å². The van der Waals surface area contributed by atoms with Crippen LogP contribution in [0.3, 0.4) is 0 Å². The number of halogens is 2. The number of hydrogen-bond donors (Lipinski definition) is 2. The van der Waals surface area contributed by atoms with Crippen molar-refractivity contribution in [2.75, 3.05) is 13.7 Å². The van der Waals surface area contributed by atoms with Gasteiger partial charge in [-0.05, 0) is 28.1 Å². The predicted molar refractivity (Wildman–Crippen MR) is 72.0 cm³/mol. The molecule has 0 amide bonds. The van der Waals surface area contributed by atoms with Crippen molar-refractivity contribution in [2.24, 2.45) is 0 Å². The number of nitriles is 1. The molecule has 0 unspecified atom stereocenters. The maximum Gasteiger partial charge on any atom is 0.336 e. The van der Waals surface area contributed by atoms with E-state index in [0.717, 1.165) is 19.2 Å². The first-order chi connectivity index (χ1) is 9.72. The van der Waals surface area contributed by atoms with Crippen LogP contribution >= 0.6 is 15.9 Å². The third kappa shape index (κ3) is 4.21. The summed E-state index contributed by atoms with van der Waals surface area (Å²) in [7, 11) is -3.28. The van der Waals surface area contributed by atoms with Gasteiger partial charge in [-0.25, -0.2) is 22.3 Å². The normalized spacial score (nSPS) is 12.5. The predicted octanol–water partition coefficient (Wildman–Crippen LogP) is 0.272. The number of aliphatic hydroxyl groups is 1. The second-order valence-electron chi connectivity index (χ2n) is 3.77. The molecule has 0 radical (unpaired) electrons. The lowest BCUT2D eigenvalue weighted by Crippen LogP contribution is -2.37. The van der Waals surface area contributed by atoms with Crippen molar-refractivity contribution in [3.63, 3.8) is 0 Å². The molecule has 0 saturated carbocycles. The lowest BCUT2D eigenvalue weighted by Gasteiger charge is -2.11. The van der Waals surface area contributed by atoms with Gasteiger partial charge < -0.3 is 9.84 Å². The second kappa shape index (κ2) is 6.95. The van der Waals surface area contributed by atoms with Crippen LogP contribution in [0.1, 0.15) is 5.56 Å². The quantitative estimate of drug-likeness (QED) is 0.708. The van der Waals surface area contributed by atoms with Gasteiger partial charge in [0.05, 0.1) is 12.7 Å². The summed E-state index contributed by atoms with van der Waals surface area (Å²) in [5.74, 6) is -2.16. The Morgan fingerprint density at radius 2 is 2.24 bits per heavy atom. The molecule has 1 aromatic rings. The van der Waals surface area contributed by atoms with Gasteiger partial charge in [0, 0.05) is 11.0 Å². The zero-order valence-corrected chi connectivity index (χ0v) is 13.0. The largest absolute Gasteiger partial charge is 0.467 e. The van der Waals surface area contributed by atoms with Crippen molar-refractivity contribution >= 4 is 31.9 Å². The number of carbonyl (C=O) groups is 1. The molecule has 7 nitrogen and oxygen atoms in total. The number of rotatable bonds is 5. The highest BCUT2D eigenvalue weighted by Gasteiger charge is 2.24. The molecule has 0 spiro atoms. The van der Waals surface area contributed by atoms with Crippen LogP contribution in [0.25, 0.3) is 0 Å². The first kappa shape index (κ1) is 17.5. The average Bonchev–Trinajstić information content (AvgIpc) is 2.45. The molecular weight excluding hydrogens is 371 g/mol. The Labute approximate surface area is 128 Å². The fraction of sp³-hybridized carbons (Fsp3) is 0.273. The average molecular weight is 381 g/mol. The van der Waals surface area contributed by atoms with Crippen molar-refractivity contribution in [2.45, 2.75) is 11.0 Å². The van der Waals surface area contributed by atoms with Crippen LogP contribution < -0.4 is 4.72 Å². The van der Waals surface area contributed by atoms with Gasteiger partial charge in [-0.1, -0.05) is 0 Å². The van der Waals surface area contributed by atoms with Crippen LogP contribution in [-0.4, -0.2) is 39.3 Å². The summed E-state index contributed by atoms with van der Waals surface area (Å²) in [4.78, 5) is 10.2. The van der Waals surface area contributed by atoms with Gasteiger partial charge in [0.1, 0.15) is 16.8 Å². The van der Waals surface area contributed by atoms with Crippen LogP contribution in [0.2, 0.25) is 0 Å². The van der Waals surface area contributed by atoms with E-state index in [9.17, 15) is 22.7 Å². The van der Waals surface area contributed by atoms with E-state index < -0.39 is 39.4 Å². The summed E-state index contributed by atoms with van der Waals surface area (Å²) >= 11 is 2.94. The number of esters is 1. The third-order valence-corrected chi connectivity index (χ3v) is 4.47. The minimum absolute atomic E-state index is 0.0685. The summed E-state index contributed by atoms with van der Waals surface area (Å²) in [6.45, 7) is -0.675. The second-order valence-corrected chi connectivity index (χ2v) is 6.35. The number of sulfonamides is 1. The van der Waals surface area contributed by atoms with Crippen molar-refractivity contribution in [1.82, 2.24) is 4.72 Å². The van der Waals surface area contributed by atoms with Gasteiger partial charge in [0.25, 0.3) is 0 Å². The maximum absolute atomic E-state index is 13.7. The highest BCUT2D eigenvalue weighted by Crippen LogP contribution is 2.23. The standard InChI is InChI=1S/C11H10BrFN2O5S/c1-20-11(17)9(16)5-15-21(18,19)10-3-7(12)6(4-14)2-8(10)13/h2-3,9,15-16H,5H2,1H3/t9-/m0/s1. The van der Waals surface area contributed by atoms with E-state index in [4.69, 9.17) is 5.26 Å². The number of nitrogens with zero attached hydrogens (tertiary/aromatic N) is 1. The monoisotopic (exact) mass is 380 g/mol. The first-order valence-electron chi connectivity index (χ1n) is 5.37. The number of benzene rings is 1. The van der Waals surface area contributed by atoms with Gasteiger partial charge >= 0.3 is 5.97 Å². The summed E-state index contributed by atoms with van der Waals surface area (Å²) in [5.41, 5.74) is -0.0685. The molecule has 1 atom stereocenters. The summed E-state index contributed by atoms with van der Waals surface area (Å²) < 4.78 is 43.7. The van der Waals surface area contributed by atoms with Crippen molar-refractivity contribution in [3.8, 4) is 6.07 Å². The molecule has 1 rings (SSSR count). The molecule has 1 aromatic carbocycles. The number of hydrogen-bond acceptors (Lipinski definition) is 6. The van der Waals surface area contributed by atoms with E-state index >= 15 is 0 Å². The van der Waals surface area contributed by atoms with Gasteiger partial charge in [0.2, 0.25) is 10.0 Å². The van der Waals surface area contributed by atoms with Crippen molar-refractivity contribution in [3.05, 3.63) is 28.0 Å². The van der Waals surface area contributed by atoms with E-state index in [2.05, 4.69) is 20.7 Å². The van der Waals surface area contributed by atoms with E-state index in [0.29, 0.717) is 0 Å². The number of nitrogens with one attached hydrogen (secondary N) is 1. The Hall–Kier alpha value is -1.54. The number of carbonyl (C=O) groups excluding carboxylic acids is 1. The van der Waals surface area contributed by atoms with Gasteiger partial charge in [-0.3, -0.25) is 0 Å². The van der Waals surface area contributed by atoms with Crippen LogP contribution in [0.4, 0.5) is 4.39 Å². The zero-order valence-electron chi connectivity index (χ0n) is 10.6. The van der Waals surface area contributed by atoms with Crippen molar-refractivity contribution in [1.29, 1.82) is 5.26 Å². The first-order valence-corrected chi connectivity index (χ1v) is 7.65. The molecule has 0 aromatic heterocycles.